The summed E-state index contributed by atoms with van der Waals surface area (Å²) in [5, 5.41) is 4.41. The van der Waals surface area contributed by atoms with Gasteiger partial charge >= 0.3 is 17.8 Å². The Morgan fingerprint density at radius 2 is 2.00 bits per heavy atom. The molecule has 0 aliphatic carbocycles. The molecule has 2 aliphatic heterocycles. The van der Waals surface area contributed by atoms with Gasteiger partial charge in [0.15, 0.2) is 5.58 Å². The van der Waals surface area contributed by atoms with Crippen molar-refractivity contribution in [3.63, 3.8) is 0 Å². The number of hydrogen-bond donors (Lipinski definition) is 0. The standard InChI is InChI=1S/C24H20N4O6/c1-13-16(4-5-17-18(13)12-32-22(17)29)21-11-27(24(31)34-21)9-14-8-25-28(10-14)15-3-6-20-19(7-15)26(2)23(30)33-20/h3-8,10,21H,9,11-12H2,1-2H3. The summed E-state index contributed by atoms with van der Waals surface area (Å²) in [4.78, 5) is 37.7. The van der Waals surface area contributed by atoms with E-state index in [1.807, 2.05) is 31.3 Å². The molecule has 10 heteroatoms. The Balaban J connectivity index is 1.21. The molecule has 2 aromatic heterocycles. The van der Waals surface area contributed by atoms with Crippen LogP contribution in [0.1, 0.15) is 38.7 Å². The van der Waals surface area contributed by atoms with Gasteiger partial charge in [-0.05, 0) is 42.3 Å². The summed E-state index contributed by atoms with van der Waals surface area (Å²) in [5.74, 6) is -0.742. The number of amides is 1. The first-order valence-electron chi connectivity index (χ1n) is 10.8. The van der Waals surface area contributed by atoms with Gasteiger partial charge in [0, 0.05) is 24.4 Å². The Morgan fingerprint density at radius 1 is 1.15 bits per heavy atom. The number of oxazole rings is 1. The molecule has 1 unspecified atom stereocenters. The van der Waals surface area contributed by atoms with Crippen LogP contribution in [-0.2, 0) is 29.7 Å². The summed E-state index contributed by atoms with van der Waals surface area (Å²) in [6, 6.07) is 8.93. The third-order valence-electron chi connectivity index (χ3n) is 6.49. The first-order chi connectivity index (χ1) is 16.4. The lowest BCUT2D eigenvalue weighted by molar-refractivity contribution is 0.0535. The number of hydrogen-bond acceptors (Lipinski definition) is 7. The number of carbonyl (C=O) groups excluding carboxylic acids is 2. The fourth-order valence-corrected chi connectivity index (χ4v) is 4.58. The van der Waals surface area contributed by atoms with Gasteiger partial charge in [-0.2, -0.15) is 5.10 Å². The molecule has 34 heavy (non-hydrogen) atoms. The van der Waals surface area contributed by atoms with Crippen molar-refractivity contribution in [3.05, 3.63) is 81.1 Å². The molecule has 172 valence electrons. The van der Waals surface area contributed by atoms with E-state index in [1.54, 1.807) is 35.0 Å². The molecular formula is C24H20N4O6. The number of nitrogens with zero attached hydrogens (tertiary/aromatic N) is 4. The molecule has 4 heterocycles. The maximum atomic E-state index is 12.6. The Bertz CT molecular complexity index is 1540. The molecule has 0 radical (unpaired) electrons. The predicted molar refractivity (Wildman–Crippen MR) is 119 cm³/mol. The van der Waals surface area contributed by atoms with Crippen LogP contribution in [0, 0.1) is 6.92 Å². The van der Waals surface area contributed by atoms with Gasteiger partial charge in [0.2, 0.25) is 0 Å². The number of carbonyl (C=O) groups is 2. The molecule has 1 amide bonds. The zero-order chi connectivity index (χ0) is 23.6. The van der Waals surface area contributed by atoms with Gasteiger partial charge in [-0.1, -0.05) is 6.07 Å². The maximum absolute atomic E-state index is 12.6. The number of ether oxygens (including phenoxy) is 2. The van der Waals surface area contributed by atoms with E-state index in [1.165, 1.54) is 4.57 Å². The molecule has 1 saturated heterocycles. The van der Waals surface area contributed by atoms with E-state index in [0.29, 0.717) is 29.8 Å². The zero-order valence-corrected chi connectivity index (χ0v) is 18.5. The van der Waals surface area contributed by atoms with E-state index in [4.69, 9.17) is 13.9 Å². The van der Waals surface area contributed by atoms with Crippen molar-refractivity contribution in [2.75, 3.05) is 6.54 Å². The Labute approximate surface area is 192 Å². The summed E-state index contributed by atoms with van der Waals surface area (Å²) in [6.45, 7) is 2.90. The third-order valence-corrected chi connectivity index (χ3v) is 6.49. The fourth-order valence-electron chi connectivity index (χ4n) is 4.58. The monoisotopic (exact) mass is 460 g/mol. The molecular weight excluding hydrogens is 440 g/mol. The number of fused-ring (bicyclic) bond motifs is 2. The highest BCUT2D eigenvalue weighted by atomic mass is 16.6. The Morgan fingerprint density at radius 3 is 2.85 bits per heavy atom. The molecule has 0 bridgehead atoms. The number of rotatable bonds is 4. The van der Waals surface area contributed by atoms with E-state index < -0.39 is 18.0 Å². The van der Waals surface area contributed by atoms with Crippen LogP contribution in [0.15, 0.2) is 51.9 Å². The fraction of sp³-hybridized carbons (Fsp3) is 0.250. The van der Waals surface area contributed by atoms with Crippen molar-refractivity contribution in [2.24, 2.45) is 7.05 Å². The lowest BCUT2D eigenvalue weighted by Crippen LogP contribution is -2.23. The third kappa shape index (κ3) is 3.10. The van der Waals surface area contributed by atoms with Crippen LogP contribution in [0.4, 0.5) is 4.79 Å². The molecule has 2 aromatic carbocycles. The van der Waals surface area contributed by atoms with Gasteiger partial charge in [-0.15, -0.1) is 0 Å². The van der Waals surface area contributed by atoms with Crippen LogP contribution in [0.5, 0.6) is 0 Å². The van der Waals surface area contributed by atoms with E-state index in [0.717, 1.165) is 27.9 Å². The van der Waals surface area contributed by atoms with Crippen LogP contribution in [-0.4, -0.2) is 37.9 Å². The minimum absolute atomic E-state index is 0.246. The second-order valence-electron chi connectivity index (χ2n) is 8.51. The first kappa shape index (κ1) is 20.3. The Hall–Kier alpha value is -4.34. The number of benzene rings is 2. The molecule has 1 fully saturated rings. The SMILES string of the molecule is Cc1c(C2CN(Cc3cnn(-c4ccc5oc(=O)n(C)c5c4)c3)C(=O)O2)ccc2c1COC2=O. The second-order valence-corrected chi connectivity index (χ2v) is 8.51. The molecule has 10 nitrogen and oxygen atoms in total. The molecule has 0 saturated carbocycles. The highest BCUT2D eigenvalue weighted by Crippen LogP contribution is 2.34. The maximum Gasteiger partial charge on any atom is 0.419 e. The van der Waals surface area contributed by atoms with Crippen molar-refractivity contribution in [3.8, 4) is 5.69 Å². The van der Waals surface area contributed by atoms with Gasteiger partial charge in [-0.25, -0.2) is 19.1 Å². The lowest BCUT2D eigenvalue weighted by Gasteiger charge is -2.14. The molecule has 0 spiro atoms. The number of esters is 1. The summed E-state index contributed by atoms with van der Waals surface area (Å²) >= 11 is 0. The highest BCUT2D eigenvalue weighted by Gasteiger charge is 2.35. The lowest BCUT2D eigenvalue weighted by atomic mass is 9.95. The van der Waals surface area contributed by atoms with Crippen molar-refractivity contribution in [2.45, 2.75) is 26.2 Å². The average Bonchev–Trinajstić information content (AvgIpc) is 3.58. The molecule has 6 rings (SSSR count). The molecule has 0 N–H and O–H groups in total. The quantitative estimate of drug-likeness (QED) is 0.431. The smallest absolute Gasteiger partial charge is 0.419 e. The van der Waals surface area contributed by atoms with Crippen molar-refractivity contribution < 1.29 is 23.5 Å². The largest absolute Gasteiger partial charge is 0.457 e. The van der Waals surface area contributed by atoms with Crippen LogP contribution in [0.2, 0.25) is 0 Å². The van der Waals surface area contributed by atoms with E-state index in [-0.39, 0.29) is 12.6 Å². The highest BCUT2D eigenvalue weighted by molar-refractivity contribution is 5.94. The normalized spacial score (nSPS) is 17.4. The van der Waals surface area contributed by atoms with Crippen LogP contribution in [0.3, 0.4) is 0 Å². The predicted octanol–water partition coefficient (Wildman–Crippen LogP) is 2.99. The summed E-state index contributed by atoms with van der Waals surface area (Å²) in [5.41, 5.74) is 6.00. The Kier molecular flexibility index (Phi) is 4.38. The molecule has 4 aromatic rings. The van der Waals surface area contributed by atoms with E-state index >= 15 is 0 Å². The van der Waals surface area contributed by atoms with Gasteiger partial charge in [-0.3, -0.25) is 9.47 Å². The van der Waals surface area contributed by atoms with Crippen molar-refractivity contribution in [1.82, 2.24) is 19.2 Å². The first-order valence-corrected chi connectivity index (χ1v) is 10.8. The van der Waals surface area contributed by atoms with E-state index in [2.05, 4.69) is 5.10 Å². The summed E-state index contributed by atoms with van der Waals surface area (Å²) in [7, 11) is 1.65. The van der Waals surface area contributed by atoms with Gasteiger partial charge in [0.05, 0.1) is 36.1 Å². The summed E-state index contributed by atoms with van der Waals surface area (Å²) < 4.78 is 19.1. The number of aryl methyl sites for hydroxylation is 1. The second kappa shape index (κ2) is 7.34. The van der Waals surface area contributed by atoms with Gasteiger partial charge in [0.1, 0.15) is 12.7 Å². The van der Waals surface area contributed by atoms with Crippen LogP contribution in [0.25, 0.3) is 16.8 Å². The van der Waals surface area contributed by atoms with Crippen molar-refractivity contribution in [1.29, 1.82) is 0 Å². The van der Waals surface area contributed by atoms with Crippen LogP contribution < -0.4 is 5.76 Å². The van der Waals surface area contributed by atoms with E-state index in [9.17, 15) is 14.4 Å². The summed E-state index contributed by atoms with van der Waals surface area (Å²) in [6.07, 6.45) is 2.71. The van der Waals surface area contributed by atoms with Gasteiger partial charge in [0.25, 0.3) is 0 Å². The molecule has 2 aliphatic rings. The topological polar surface area (TPSA) is 109 Å². The average molecular weight is 460 g/mol. The zero-order valence-electron chi connectivity index (χ0n) is 18.5. The number of aromatic nitrogens is 3. The van der Waals surface area contributed by atoms with Gasteiger partial charge < -0.3 is 13.9 Å². The minimum atomic E-state index is -0.423. The van der Waals surface area contributed by atoms with Crippen LogP contribution >= 0.6 is 0 Å². The van der Waals surface area contributed by atoms with Crippen molar-refractivity contribution >= 4 is 23.2 Å². The molecule has 1 atom stereocenters. The number of cyclic esters (lactones) is 2. The minimum Gasteiger partial charge on any atom is -0.457 e.